The highest BCUT2D eigenvalue weighted by atomic mass is 79.9. The van der Waals surface area contributed by atoms with Gasteiger partial charge in [0.25, 0.3) is 0 Å². The van der Waals surface area contributed by atoms with Gasteiger partial charge in [-0.3, -0.25) is 4.79 Å². The summed E-state index contributed by atoms with van der Waals surface area (Å²) in [5.74, 6) is -0.580. The maximum Gasteiger partial charge on any atom is 0.246 e. The number of aromatic nitrogens is 3. The molecule has 1 atom stereocenters. The summed E-state index contributed by atoms with van der Waals surface area (Å²) in [5, 5.41) is 4.09. The second-order valence-electron chi connectivity index (χ2n) is 6.06. The van der Waals surface area contributed by atoms with Crippen LogP contribution in [0.15, 0.2) is 65.7 Å². The van der Waals surface area contributed by atoms with Gasteiger partial charge in [0.2, 0.25) is 5.91 Å². The Morgan fingerprint density at radius 3 is 2.67 bits per heavy atom. The molecule has 2 aromatic carbocycles. The van der Waals surface area contributed by atoms with Gasteiger partial charge in [0, 0.05) is 23.2 Å². The third-order valence-electron chi connectivity index (χ3n) is 4.35. The first-order chi connectivity index (χ1) is 13.0. The zero-order valence-corrected chi connectivity index (χ0v) is 16.5. The van der Waals surface area contributed by atoms with Gasteiger partial charge in [-0.15, -0.1) is 0 Å². The zero-order chi connectivity index (χ0) is 19.4. The van der Waals surface area contributed by atoms with E-state index in [0.717, 1.165) is 15.7 Å². The predicted molar refractivity (Wildman–Crippen MR) is 106 cm³/mol. The minimum atomic E-state index is -0.373. The van der Waals surface area contributed by atoms with Crippen LogP contribution in [0.5, 0.6) is 0 Å². The van der Waals surface area contributed by atoms with Crippen molar-refractivity contribution in [1.82, 2.24) is 19.7 Å². The molecule has 1 heterocycles. The predicted octanol–water partition coefficient (Wildman–Crippen LogP) is 4.40. The number of carbonyl (C=O) groups excluding carboxylic acids is 1. The molecule has 0 radical (unpaired) electrons. The normalized spacial score (nSPS) is 12.3. The SMILES string of the molecule is CC(c1ccc(-n2cncn2)cc1)N(C)C(=O)C=Cc1cc(Br)ccc1F. The second-order valence-corrected chi connectivity index (χ2v) is 6.97. The van der Waals surface area contributed by atoms with Crippen LogP contribution < -0.4 is 0 Å². The second kappa shape index (κ2) is 8.26. The quantitative estimate of drug-likeness (QED) is 0.565. The van der Waals surface area contributed by atoms with Gasteiger partial charge in [0.1, 0.15) is 18.5 Å². The summed E-state index contributed by atoms with van der Waals surface area (Å²) in [7, 11) is 1.72. The van der Waals surface area contributed by atoms with Crippen LogP contribution >= 0.6 is 15.9 Å². The Kier molecular flexibility index (Phi) is 5.81. The largest absolute Gasteiger partial charge is 0.335 e. The number of hydrogen-bond acceptors (Lipinski definition) is 3. The van der Waals surface area contributed by atoms with Crippen molar-refractivity contribution in [3.05, 3.63) is 82.6 Å². The number of nitrogens with zero attached hydrogens (tertiary/aromatic N) is 4. The molecule has 138 valence electrons. The Labute approximate surface area is 165 Å². The minimum Gasteiger partial charge on any atom is -0.335 e. The first-order valence-corrected chi connectivity index (χ1v) is 9.10. The number of rotatable bonds is 5. The summed E-state index contributed by atoms with van der Waals surface area (Å²) in [6.07, 6.45) is 5.97. The summed E-state index contributed by atoms with van der Waals surface area (Å²) in [6, 6.07) is 12.2. The molecule has 27 heavy (non-hydrogen) atoms. The molecule has 0 aliphatic heterocycles. The molecule has 0 saturated carbocycles. The number of likely N-dealkylation sites (N-methyl/N-ethyl adjacent to an activating group) is 1. The summed E-state index contributed by atoms with van der Waals surface area (Å²) >= 11 is 3.30. The lowest BCUT2D eigenvalue weighted by molar-refractivity contribution is -0.126. The standard InChI is InChI=1S/C20H18BrFN4O/c1-14(15-3-7-18(8-4-15)26-13-23-12-24-26)25(2)20(27)10-5-16-11-17(21)6-9-19(16)22/h3-14H,1-2H3. The van der Waals surface area contributed by atoms with Crippen LogP contribution in [0, 0.1) is 5.82 Å². The highest BCUT2D eigenvalue weighted by Gasteiger charge is 2.15. The Bertz CT molecular complexity index is 955. The fraction of sp³-hybridized carbons (Fsp3) is 0.150. The summed E-state index contributed by atoms with van der Waals surface area (Å²) in [6.45, 7) is 1.94. The molecule has 0 fully saturated rings. The van der Waals surface area contributed by atoms with Crippen molar-refractivity contribution in [2.24, 2.45) is 0 Å². The van der Waals surface area contributed by atoms with Crippen LogP contribution in [0.4, 0.5) is 4.39 Å². The van der Waals surface area contributed by atoms with Crippen molar-refractivity contribution in [1.29, 1.82) is 0 Å². The molecule has 1 aromatic heterocycles. The third-order valence-corrected chi connectivity index (χ3v) is 4.84. The fourth-order valence-electron chi connectivity index (χ4n) is 2.58. The minimum absolute atomic E-state index is 0.140. The van der Waals surface area contributed by atoms with E-state index in [-0.39, 0.29) is 17.8 Å². The lowest BCUT2D eigenvalue weighted by atomic mass is 10.1. The first-order valence-electron chi connectivity index (χ1n) is 8.30. The van der Waals surface area contributed by atoms with Crippen molar-refractivity contribution in [2.45, 2.75) is 13.0 Å². The molecular formula is C20H18BrFN4O. The third kappa shape index (κ3) is 4.49. The van der Waals surface area contributed by atoms with Gasteiger partial charge in [0.05, 0.1) is 11.7 Å². The lowest BCUT2D eigenvalue weighted by Crippen LogP contribution is -2.28. The van der Waals surface area contributed by atoms with Gasteiger partial charge < -0.3 is 4.90 Å². The average Bonchev–Trinajstić information content (AvgIpc) is 3.22. The molecule has 3 rings (SSSR count). The van der Waals surface area contributed by atoms with Crippen molar-refractivity contribution < 1.29 is 9.18 Å². The fourth-order valence-corrected chi connectivity index (χ4v) is 2.96. The lowest BCUT2D eigenvalue weighted by Gasteiger charge is -2.24. The molecule has 3 aromatic rings. The van der Waals surface area contributed by atoms with E-state index in [1.165, 1.54) is 24.5 Å². The van der Waals surface area contributed by atoms with Crippen LogP contribution in [0.1, 0.15) is 24.1 Å². The monoisotopic (exact) mass is 428 g/mol. The number of hydrogen-bond donors (Lipinski definition) is 0. The maximum absolute atomic E-state index is 13.8. The molecule has 1 unspecified atom stereocenters. The van der Waals surface area contributed by atoms with E-state index in [0.29, 0.717) is 5.56 Å². The van der Waals surface area contributed by atoms with Crippen LogP contribution in [0.25, 0.3) is 11.8 Å². The highest BCUT2D eigenvalue weighted by Crippen LogP contribution is 2.21. The van der Waals surface area contributed by atoms with Gasteiger partial charge in [0.15, 0.2) is 0 Å². The molecule has 0 spiro atoms. The van der Waals surface area contributed by atoms with Crippen molar-refractivity contribution in [3.63, 3.8) is 0 Å². The molecular weight excluding hydrogens is 411 g/mol. The smallest absolute Gasteiger partial charge is 0.246 e. The number of benzene rings is 2. The number of halogens is 2. The van der Waals surface area contributed by atoms with E-state index < -0.39 is 0 Å². The van der Waals surface area contributed by atoms with Crippen molar-refractivity contribution >= 4 is 27.9 Å². The molecule has 0 N–H and O–H groups in total. The van der Waals surface area contributed by atoms with Gasteiger partial charge >= 0.3 is 0 Å². The van der Waals surface area contributed by atoms with E-state index in [1.54, 1.807) is 35.1 Å². The van der Waals surface area contributed by atoms with E-state index in [1.807, 2.05) is 31.2 Å². The van der Waals surface area contributed by atoms with E-state index in [4.69, 9.17) is 0 Å². The molecule has 7 heteroatoms. The molecule has 1 amide bonds. The Morgan fingerprint density at radius 1 is 1.26 bits per heavy atom. The van der Waals surface area contributed by atoms with Crippen LogP contribution in [0.2, 0.25) is 0 Å². The maximum atomic E-state index is 13.8. The Morgan fingerprint density at radius 2 is 2.00 bits per heavy atom. The van der Waals surface area contributed by atoms with E-state index in [2.05, 4.69) is 26.0 Å². The molecule has 0 aliphatic rings. The summed E-state index contributed by atoms with van der Waals surface area (Å²) in [5.41, 5.74) is 2.23. The summed E-state index contributed by atoms with van der Waals surface area (Å²) in [4.78, 5) is 18.0. The molecule has 5 nitrogen and oxygen atoms in total. The highest BCUT2D eigenvalue weighted by molar-refractivity contribution is 9.10. The van der Waals surface area contributed by atoms with Crippen LogP contribution in [-0.2, 0) is 4.79 Å². The van der Waals surface area contributed by atoms with Gasteiger partial charge in [-0.25, -0.2) is 14.1 Å². The van der Waals surface area contributed by atoms with Gasteiger partial charge in [-0.05, 0) is 48.9 Å². The summed E-state index contributed by atoms with van der Waals surface area (Å²) < 4.78 is 16.2. The van der Waals surface area contributed by atoms with E-state index >= 15 is 0 Å². The molecule has 0 saturated heterocycles. The molecule has 0 aliphatic carbocycles. The first kappa shape index (κ1) is 19.0. The Hall–Kier alpha value is -2.80. The topological polar surface area (TPSA) is 51.0 Å². The number of carbonyl (C=O) groups is 1. The van der Waals surface area contributed by atoms with Gasteiger partial charge in [-0.1, -0.05) is 28.1 Å². The van der Waals surface area contributed by atoms with Crippen LogP contribution in [-0.4, -0.2) is 32.6 Å². The molecule has 0 bridgehead atoms. The van der Waals surface area contributed by atoms with Crippen molar-refractivity contribution in [3.8, 4) is 5.69 Å². The Balaban J connectivity index is 1.70. The van der Waals surface area contributed by atoms with Crippen molar-refractivity contribution in [2.75, 3.05) is 7.05 Å². The average molecular weight is 429 g/mol. The van der Waals surface area contributed by atoms with Crippen LogP contribution in [0.3, 0.4) is 0 Å². The van der Waals surface area contributed by atoms with E-state index in [9.17, 15) is 9.18 Å². The number of amides is 1. The zero-order valence-electron chi connectivity index (χ0n) is 14.9. The van der Waals surface area contributed by atoms with Gasteiger partial charge in [-0.2, -0.15) is 5.10 Å².